The number of methoxy groups -OCH3 is 1. The van der Waals surface area contributed by atoms with Gasteiger partial charge in [0.05, 0.1) is 30.7 Å². The fraction of sp³-hybridized carbons (Fsp3) is 0.238. The number of rotatable bonds is 5. The van der Waals surface area contributed by atoms with Crippen molar-refractivity contribution in [3.63, 3.8) is 0 Å². The number of hydrogen-bond donors (Lipinski definition) is 1. The van der Waals surface area contributed by atoms with Crippen LogP contribution < -0.4 is 10.1 Å². The molecule has 1 heterocycles. The standard InChI is InChI=1S/C21H22FN3O2/c1-13-18(9-6-10-19(13)27-4)21(26)23-20-14(2)24-25(15(20)3)12-16-7-5-8-17(22)11-16/h5-11H,12H2,1-4H3,(H,23,26). The lowest BCUT2D eigenvalue weighted by Crippen LogP contribution is -2.15. The monoisotopic (exact) mass is 367 g/mol. The maximum absolute atomic E-state index is 13.4. The lowest BCUT2D eigenvalue weighted by Gasteiger charge is -2.11. The molecule has 0 bridgehead atoms. The Bertz CT molecular complexity index is 995. The van der Waals surface area contributed by atoms with Gasteiger partial charge in [-0.05, 0) is 50.6 Å². The highest BCUT2D eigenvalue weighted by molar-refractivity contribution is 6.06. The Labute approximate surface area is 157 Å². The van der Waals surface area contributed by atoms with Crippen molar-refractivity contribution in [1.82, 2.24) is 9.78 Å². The summed E-state index contributed by atoms with van der Waals surface area (Å²) in [5, 5.41) is 7.45. The first-order chi connectivity index (χ1) is 12.9. The first-order valence-electron chi connectivity index (χ1n) is 8.64. The van der Waals surface area contributed by atoms with Crippen molar-refractivity contribution in [1.29, 1.82) is 0 Å². The minimum Gasteiger partial charge on any atom is -0.496 e. The first-order valence-corrected chi connectivity index (χ1v) is 8.64. The zero-order chi connectivity index (χ0) is 19.6. The summed E-state index contributed by atoms with van der Waals surface area (Å²) >= 11 is 0. The van der Waals surface area contributed by atoms with Crippen LogP contribution in [0.15, 0.2) is 42.5 Å². The largest absolute Gasteiger partial charge is 0.496 e. The maximum atomic E-state index is 13.4. The highest BCUT2D eigenvalue weighted by Crippen LogP contribution is 2.25. The molecule has 6 heteroatoms. The van der Waals surface area contributed by atoms with E-state index in [1.807, 2.05) is 32.9 Å². The molecule has 0 atom stereocenters. The minimum atomic E-state index is -0.281. The summed E-state index contributed by atoms with van der Waals surface area (Å²) in [5.41, 5.74) is 4.31. The van der Waals surface area contributed by atoms with Crippen molar-refractivity contribution in [3.8, 4) is 5.75 Å². The van der Waals surface area contributed by atoms with E-state index in [2.05, 4.69) is 10.4 Å². The van der Waals surface area contributed by atoms with Crippen LogP contribution in [0.3, 0.4) is 0 Å². The second-order valence-electron chi connectivity index (χ2n) is 6.42. The average Bonchev–Trinajstić information content (AvgIpc) is 2.89. The molecule has 0 unspecified atom stereocenters. The second-order valence-corrected chi connectivity index (χ2v) is 6.42. The zero-order valence-corrected chi connectivity index (χ0v) is 15.8. The molecule has 0 spiro atoms. The third-order valence-electron chi connectivity index (χ3n) is 4.59. The lowest BCUT2D eigenvalue weighted by molar-refractivity contribution is 0.102. The van der Waals surface area contributed by atoms with Crippen LogP contribution in [0.1, 0.15) is 32.9 Å². The fourth-order valence-corrected chi connectivity index (χ4v) is 3.10. The van der Waals surface area contributed by atoms with Crippen molar-refractivity contribution < 1.29 is 13.9 Å². The molecule has 1 amide bonds. The van der Waals surface area contributed by atoms with E-state index in [4.69, 9.17) is 4.74 Å². The van der Waals surface area contributed by atoms with Crippen LogP contribution in [-0.4, -0.2) is 22.8 Å². The van der Waals surface area contributed by atoms with Crippen LogP contribution >= 0.6 is 0 Å². The van der Waals surface area contributed by atoms with Crippen molar-refractivity contribution in [2.45, 2.75) is 27.3 Å². The number of aryl methyl sites for hydroxylation is 1. The number of aromatic nitrogens is 2. The zero-order valence-electron chi connectivity index (χ0n) is 15.8. The van der Waals surface area contributed by atoms with E-state index in [9.17, 15) is 9.18 Å². The summed E-state index contributed by atoms with van der Waals surface area (Å²) in [7, 11) is 1.58. The van der Waals surface area contributed by atoms with Crippen LogP contribution in [0.25, 0.3) is 0 Å². The van der Waals surface area contributed by atoms with Gasteiger partial charge in [-0.1, -0.05) is 18.2 Å². The Morgan fingerprint density at radius 1 is 1.19 bits per heavy atom. The second kappa shape index (κ2) is 7.61. The van der Waals surface area contributed by atoms with Gasteiger partial charge in [-0.2, -0.15) is 5.10 Å². The summed E-state index contributed by atoms with van der Waals surface area (Å²) in [6.07, 6.45) is 0. The molecule has 2 aromatic carbocycles. The Hall–Kier alpha value is -3.15. The van der Waals surface area contributed by atoms with Gasteiger partial charge < -0.3 is 10.1 Å². The molecule has 0 aliphatic carbocycles. The molecule has 0 saturated carbocycles. The third kappa shape index (κ3) is 3.84. The Balaban J connectivity index is 1.86. The Kier molecular flexibility index (Phi) is 5.26. The predicted molar refractivity (Wildman–Crippen MR) is 103 cm³/mol. The highest BCUT2D eigenvalue weighted by Gasteiger charge is 2.18. The molecule has 0 fully saturated rings. The molecule has 5 nitrogen and oxygen atoms in total. The van der Waals surface area contributed by atoms with Gasteiger partial charge in [0.15, 0.2) is 0 Å². The number of carbonyl (C=O) groups excluding carboxylic acids is 1. The van der Waals surface area contributed by atoms with E-state index in [1.54, 1.807) is 30.0 Å². The Morgan fingerprint density at radius 2 is 1.93 bits per heavy atom. The molecular weight excluding hydrogens is 345 g/mol. The average molecular weight is 367 g/mol. The number of nitrogens with zero attached hydrogens (tertiary/aromatic N) is 2. The van der Waals surface area contributed by atoms with E-state index in [0.29, 0.717) is 29.2 Å². The molecule has 0 radical (unpaired) electrons. The SMILES string of the molecule is COc1cccc(C(=O)Nc2c(C)nn(Cc3cccc(F)c3)c2C)c1C. The van der Waals surface area contributed by atoms with Gasteiger partial charge in [0.1, 0.15) is 11.6 Å². The molecular formula is C21H22FN3O2. The topological polar surface area (TPSA) is 56.1 Å². The van der Waals surface area contributed by atoms with Crippen molar-refractivity contribution in [3.05, 3.63) is 76.4 Å². The van der Waals surface area contributed by atoms with Crippen LogP contribution in [0.2, 0.25) is 0 Å². The highest BCUT2D eigenvalue weighted by atomic mass is 19.1. The number of halogens is 1. The number of carbonyl (C=O) groups is 1. The molecule has 3 rings (SSSR count). The van der Waals surface area contributed by atoms with Gasteiger partial charge >= 0.3 is 0 Å². The van der Waals surface area contributed by atoms with Crippen LogP contribution in [-0.2, 0) is 6.54 Å². The molecule has 3 aromatic rings. The quantitative estimate of drug-likeness (QED) is 0.733. The Morgan fingerprint density at radius 3 is 2.63 bits per heavy atom. The van der Waals surface area contributed by atoms with E-state index >= 15 is 0 Å². The van der Waals surface area contributed by atoms with Gasteiger partial charge in [-0.25, -0.2) is 4.39 Å². The summed E-state index contributed by atoms with van der Waals surface area (Å²) < 4.78 is 20.5. The molecule has 1 aromatic heterocycles. The van der Waals surface area contributed by atoms with E-state index in [0.717, 1.165) is 16.8 Å². The fourth-order valence-electron chi connectivity index (χ4n) is 3.10. The number of nitrogens with one attached hydrogen (secondary N) is 1. The van der Waals surface area contributed by atoms with Crippen molar-refractivity contribution in [2.24, 2.45) is 0 Å². The third-order valence-corrected chi connectivity index (χ3v) is 4.59. The van der Waals surface area contributed by atoms with Gasteiger partial charge in [0, 0.05) is 11.1 Å². The summed E-state index contributed by atoms with van der Waals surface area (Å²) in [6.45, 7) is 6.00. The molecule has 0 aliphatic heterocycles. The first kappa shape index (κ1) is 18.6. The number of hydrogen-bond acceptors (Lipinski definition) is 3. The van der Waals surface area contributed by atoms with Gasteiger partial charge in [0.25, 0.3) is 5.91 Å². The number of anilines is 1. The van der Waals surface area contributed by atoms with Crippen molar-refractivity contribution >= 4 is 11.6 Å². The van der Waals surface area contributed by atoms with Crippen LogP contribution in [0, 0.1) is 26.6 Å². The number of amides is 1. The van der Waals surface area contributed by atoms with Gasteiger partial charge in [-0.3, -0.25) is 9.48 Å². The van der Waals surface area contributed by atoms with Crippen LogP contribution in [0.5, 0.6) is 5.75 Å². The van der Waals surface area contributed by atoms with Crippen LogP contribution in [0.4, 0.5) is 10.1 Å². The minimum absolute atomic E-state index is 0.220. The van der Waals surface area contributed by atoms with E-state index in [1.165, 1.54) is 12.1 Å². The summed E-state index contributed by atoms with van der Waals surface area (Å²) in [4.78, 5) is 12.8. The normalized spacial score (nSPS) is 10.7. The lowest BCUT2D eigenvalue weighted by atomic mass is 10.1. The predicted octanol–water partition coefficient (Wildman–Crippen LogP) is 4.26. The summed E-state index contributed by atoms with van der Waals surface area (Å²) in [6, 6.07) is 11.8. The van der Waals surface area contributed by atoms with Gasteiger partial charge in [0.2, 0.25) is 0 Å². The van der Waals surface area contributed by atoms with Crippen molar-refractivity contribution in [2.75, 3.05) is 12.4 Å². The summed E-state index contributed by atoms with van der Waals surface area (Å²) in [5.74, 6) is 0.164. The molecule has 27 heavy (non-hydrogen) atoms. The maximum Gasteiger partial charge on any atom is 0.256 e. The molecule has 140 valence electrons. The number of benzene rings is 2. The number of ether oxygens (including phenoxy) is 1. The molecule has 1 N–H and O–H groups in total. The van der Waals surface area contributed by atoms with E-state index in [-0.39, 0.29) is 11.7 Å². The smallest absolute Gasteiger partial charge is 0.256 e. The van der Waals surface area contributed by atoms with Gasteiger partial charge in [-0.15, -0.1) is 0 Å². The van der Waals surface area contributed by atoms with E-state index < -0.39 is 0 Å². The molecule has 0 saturated heterocycles. The molecule has 0 aliphatic rings.